The van der Waals surface area contributed by atoms with Crippen molar-refractivity contribution < 1.29 is 10.0 Å². The Morgan fingerprint density at radius 3 is 2.40 bits per heavy atom. The fourth-order valence-electron chi connectivity index (χ4n) is 1.53. The molecule has 0 aliphatic carbocycles. The summed E-state index contributed by atoms with van der Waals surface area (Å²) in [5.41, 5.74) is 0.627. The molecule has 102 valence electrons. The lowest BCUT2D eigenvalue weighted by Gasteiger charge is -1.99. The molecule has 0 aromatic heterocycles. The number of halogens is 2. The predicted molar refractivity (Wildman–Crippen MR) is 78.5 cm³/mol. The monoisotopic (exact) mass is 310 g/mol. The van der Waals surface area contributed by atoms with Gasteiger partial charge in [0.25, 0.3) is 0 Å². The normalized spacial score (nSPS) is 10.9. The Morgan fingerprint density at radius 2 is 1.80 bits per heavy atom. The lowest BCUT2D eigenvalue weighted by Crippen LogP contribution is -1.90. The van der Waals surface area contributed by atoms with E-state index in [9.17, 15) is 15.2 Å². The maximum Gasteiger partial charge on any atom is 0.311 e. The largest absolute Gasteiger partial charge is 0.502 e. The summed E-state index contributed by atoms with van der Waals surface area (Å²) in [6.07, 6.45) is 1.43. The van der Waals surface area contributed by atoms with E-state index in [0.29, 0.717) is 21.3 Å². The summed E-state index contributed by atoms with van der Waals surface area (Å²) >= 11 is 11.7. The number of nitro groups is 1. The average molecular weight is 311 g/mol. The highest BCUT2D eigenvalue weighted by Gasteiger charge is 2.12. The number of aromatic hydroxyl groups is 1. The molecule has 0 heterocycles. The molecule has 2 aromatic carbocycles. The van der Waals surface area contributed by atoms with Crippen molar-refractivity contribution in [2.45, 2.75) is 0 Å². The third-order valence-corrected chi connectivity index (χ3v) is 2.84. The fraction of sp³-hybridized carbons (Fsp3) is 0. The van der Waals surface area contributed by atoms with Gasteiger partial charge in [0, 0.05) is 22.3 Å². The maximum absolute atomic E-state index is 10.7. The van der Waals surface area contributed by atoms with Crippen LogP contribution in [0.3, 0.4) is 0 Å². The van der Waals surface area contributed by atoms with Crippen LogP contribution in [0.4, 0.5) is 11.4 Å². The molecule has 0 spiro atoms. The maximum atomic E-state index is 10.7. The molecule has 2 rings (SSSR count). The Bertz CT molecular complexity index is 682. The van der Waals surface area contributed by atoms with Crippen LogP contribution in [-0.2, 0) is 0 Å². The number of hydrogen-bond donors (Lipinski definition) is 1. The van der Waals surface area contributed by atoms with Crippen LogP contribution in [0.25, 0.3) is 0 Å². The number of nitrogens with zero attached hydrogens (tertiary/aromatic N) is 2. The zero-order chi connectivity index (χ0) is 14.7. The van der Waals surface area contributed by atoms with E-state index in [-0.39, 0.29) is 5.69 Å². The number of hydrogen-bond acceptors (Lipinski definition) is 4. The van der Waals surface area contributed by atoms with E-state index in [4.69, 9.17) is 23.2 Å². The lowest BCUT2D eigenvalue weighted by atomic mass is 10.2. The van der Waals surface area contributed by atoms with Gasteiger partial charge in [-0.1, -0.05) is 23.2 Å². The second-order valence-corrected chi connectivity index (χ2v) is 4.76. The molecule has 7 heteroatoms. The van der Waals surface area contributed by atoms with Crippen molar-refractivity contribution in [3.05, 3.63) is 62.1 Å². The number of rotatable bonds is 3. The summed E-state index contributed by atoms with van der Waals surface area (Å²) in [5.74, 6) is -0.391. The SMILES string of the molecule is O=[N+]([O-])c1cc(C=Nc2cc(Cl)cc(Cl)c2)ccc1O. The van der Waals surface area contributed by atoms with Gasteiger partial charge in [-0.25, -0.2) is 0 Å². The van der Waals surface area contributed by atoms with Crippen LogP contribution in [0.1, 0.15) is 5.56 Å². The van der Waals surface area contributed by atoms with Crippen molar-refractivity contribution >= 4 is 40.8 Å². The van der Waals surface area contributed by atoms with Crippen molar-refractivity contribution in [1.82, 2.24) is 0 Å². The van der Waals surface area contributed by atoms with Crippen molar-refractivity contribution in [2.75, 3.05) is 0 Å². The summed E-state index contributed by atoms with van der Waals surface area (Å²) in [6.45, 7) is 0. The summed E-state index contributed by atoms with van der Waals surface area (Å²) in [6, 6.07) is 8.78. The van der Waals surface area contributed by atoms with Crippen molar-refractivity contribution in [1.29, 1.82) is 0 Å². The molecular formula is C13H8Cl2N2O3. The third-order valence-electron chi connectivity index (χ3n) is 2.41. The first kappa shape index (κ1) is 14.3. The van der Waals surface area contributed by atoms with Crippen LogP contribution in [0.15, 0.2) is 41.4 Å². The lowest BCUT2D eigenvalue weighted by molar-refractivity contribution is -0.385. The highest BCUT2D eigenvalue weighted by molar-refractivity contribution is 6.35. The summed E-state index contributed by atoms with van der Waals surface area (Å²) < 4.78 is 0. The number of phenolic OH excluding ortho intramolecular Hbond substituents is 1. The topological polar surface area (TPSA) is 75.7 Å². The summed E-state index contributed by atoms with van der Waals surface area (Å²) in [7, 11) is 0. The van der Waals surface area contributed by atoms with Crippen LogP contribution in [0.5, 0.6) is 5.75 Å². The predicted octanol–water partition coefficient (Wildman–Crippen LogP) is 4.36. The Kier molecular flexibility index (Phi) is 4.22. The molecule has 0 unspecified atom stereocenters. The van der Waals surface area contributed by atoms with E-state index >= 15 is 0 Å². The molecule has 5 nitrogen and oxygen atoms in total. The van der Waals surface area contributed by atoms with Gasteiger partial charge in [0.2, 0.25) is 0 Å². The molecule has 0 saturated heterocycles. The third kappa shape index (κ3) is 3.46. The van der Waals surface area contributed by atoms with Crippen LogP contribution >= 0.6 is 23.2 Å². The Hall–Kier alpha value is -2.11. The second kappa shape index (κ2) is 5.90. The first-order valence-corrected chi connectivity index (χ1v) is 6.19. The molecule has 0 bridgehead atoms. The molecule has 0 atom stereocenters. The van der Waals surface area contributed by atoms with Crippen LogP contribution in [-0.4, -0.2) is 16.2 Å². The minimum absolute atomic E-state index is 0.377. The van der Waals surface area contributed by atoms with Crippen molar-refractivity contribution in [3.8, 4) is 5.75 Å². The average Bonchev–Trinajstić information content (AvgIpc) is 2.36. The molecule has 0 amide bonds. The smallest absolute Gasteiger partial charge is 0.311 e. The van der Waals surface area contributed by atoms with E-state index in [1.807, 2.05) is 0 Å². The standard InChI is InChI=1S/C13H8Cl2N2O3/c14-9-4-10(15)6-11(5-9)16-7-8-1-2-13(18)12(3-8)17(19)20/h1-7,18H. The number of phenols is 1. The van der Waals surface area contributed by atoms with Gasteiger partial charge in [-0.2, -0.15) is 0 Å². The highest BCUT2D eigenvalue weighted by Crippen LogP contribution is 2.27. The van der Waals surface area contributed by atoms with Crippen molar-refractivity contribution in [3.63, 3.8) is 0 Å². The van der Waals surface area contributed by atoms with Gasteiger partial charge < -0.3 is 5.11 Å². The van der Waals surface area contributed by atoms with Gasteiger partial charge in [0.1, 0.15) is 0 Å². The zero-order valence-corrected chi connectivity index (χ0v) is 11.5. The first-order chi connectivity index (χ1) is 9.45. The van der Waals surface area contributed by atoms with Gasteiger partial charge >= 0.3 is 5.69 Å². The van der Waals surface area contributed by atoms with E-state index in [2.05, 4.69) is 4.99 Å². The summed E-state index contributed by atoms with van der Waals surface area (Å²) in [4.78, 5) is 14.2. The molecule has 0 aliphatic heterocycles. The van der Waals surface area contributed by atoms with Gasteiger partial charge in [-0.05, 0) is 35.9 Å². The minimum Gasteiger partial charge on any atom is -0.502 e. The molecule has 1 N–H and O–H groups in total. The number of nitro benzene ring substituents is 1. The fourth-order valence-corrected chi connectivity index (χ4v) is 2.04. The minimum atomic E-state index is -0.664. The van der Waals surface area contributed by atoms with Gasteiger partial charge in [0.05, 0.1) is 10.6 Å². The highest BCUT2D eigenvalue weighted by atomic mass is 35.5. The van der Waals surface area contributed by atoms with Gasteiger partial charge in [-0.3, -0.25) is 15.1 Å². The quantitative estimate of drug-likeness (QED) is 0.520. The van der Waals surface area contributed by atoms with E-state index in [0.717, 1.165) is 0 Å². The van der Waals surface area contributed by atoms with Crippen LogP contribution in [0, 0.1) is 10.1 Å². The van der Waals surface area contributed by atoms with E-state index in [1.165, 1.54) is 24.4 Å². The van der Waals surface area contributed by atoms with Crippen LogP contribution < -0.4 is 0 Å². The molecule has 0 saturated carbocycles. The second-order valence-electron chi connectivity index (χ2n) is 3.89. The van der Waals surface area contributed by atoms with Crippen molar-refractivity contribution in [2.24, 2.45) is 4.99 Å². The number of aliphatic imine (C=N–C) groups is 1. The molecule has 2 aromatic rings. The van der Waals surface area contributed by atoms with Crippen LogP contribution in [0.2, 0.25) is 10.0 Å². The van der Waals surface area contributed by atoms with E-state index in [1.54, 1.807) is 18.2 Å². The Morgan fingerprint density at radius 1 is 1.15 bits per heavy atom. The summed E-state index contributed by atoms with van der Waals surface area (Å²) in [5, 5.41) is 20.9. The molecule has 0 fully saturated rings. The Balaban J connectivity index is 2.31. The molecular weight excluding hydrogens is 303 g/mol. The number of benzene rings is 2. The molecule has 0 radical (unpaired) electrons. The van der Waals surface area contributed by atoms with E-state index < -0.39 is 10.7 Å². The molecule has 0 aliphatic rings. The Labute approximate surface area is 124 Å². The van der Waals surface area contributed by atoms with Gasteiger partial charge in [-0.15, -0.1) is 0 Å². The molecule has 20 heavy (non-hydrogen) atoms. The first-order valence-electron chi connectivity index (χ1n) is 5.43. The van der Waals surface area contributed by atoms with Gasteiger partial charge in [0.15, 0.2) is 5.75 Å². The zero-order valence-electron chi connectivity index (χ0n) is 9.96.